The second-order valence-corrected chi connectivity index (χ2v) is 12.4. The number of rotatable bonds is 11. The number of aliphatic hydroxyl groups excluding tert-OH is 1. The van der Waals surface area contributed by atoms with Gasteiger partial charge in [0.05, 0.1) is 42.2 Å². The number of methoxy groups -OCH3 is 1. The maximum absolute atomic E-state index is 13.8. The number of amides is 1. The van der Waals surface area contributed by atoms with Gasteiger partial charge in [0.2, 0.25) is 0 Å². The minimum atomic E-state index is -0.952. The molecule has 1 N–H and O–H groups in total. The van der Waals surface area contributed by atoms with Gasteiger partial charge in [0, 0.05) is 5.56 Å². The summed E-state index contributed by atoms with van der Waals surface area (Å²) in [6.45, 7) is 11.3. The molecule has 1 aliphatic heterocycles. The van der Waals surface area contributed by atoms with Gasteiger partial charge in [0.1, 0.15) is 11.5 Å². The van der Waals surface area contributed by atoms with Crippen molar-refractivity contribution in [1.29, 1.82) is 0 Å². The molecule has 0 bridgehead atoms. The number of thiazole rings is 1. The number of ether oxygens (including phenoxy) is 3. The molecule has 9 heteroatoms. The van der Waals surface area contributed by atoms with Gasteiger partial charge in [-0.15, -0.1) is 0 Å². The summed E-state index contributed by atoms with van der Waals surface area (Å²) in [5.74, 6) is 0.327. The lowest BCUT2D eigenvalue weighted by Gasteiger charge is -2.24. The van der Waals surface area contributed by atoms with Crippen molar-refractivity contribution in [2.75, 3.05) is 25.2 Å². The number of nitrogens with zero attached hydrogens (tertiary/aromatic N) is 2. The first kappa shape index (κ1) is 31.1. The van der Waals surface area contributed by atoms with Gasteiger partial charge in [-0.3, -0.25) is 14.5 Å². The summed E-state index contributed by atoms with van der Waals surface area (Å²) in [5, 5.41) is 12.0. The van der Waals surface area contributed by atoms with Crippen LogP contribution in [-0.4, -0.2) is 42.1 Å². The molecule has 1 amide bonds. The second-order valence-electron chi connectivity index (χ2n) is 11.4. The summed E-state index contributed by atoms with van der Waals surface area (Å²) >= 11 is 1.34. The fourth-order valence-corrected chi connectivity index (χ4v) is 6.44. The van der Waals surface area contributed by atoms with Crippen LogP contribution in [0.4, 0.5) is 5.13 Å². The zero-order valence-corrected chi connectivity index (χ0v) is 26.8. The van der Waals surface area contributed by atoms with Crippen LogP contribution < -0.4 is 19.1 Å². The van der Waals surface area contributed by atoms with Crippen molar-refractivity contribution >= 4 is 44.1 Å². The molecule has 44 heavy (non-hydrogen) atoms. The standard InChI is InChI=1S/C35H38N2O6S/c1-7-15-42-25-11-8-23(9-12-25)32(38)29-31(24-10-13-26(27(19-24)41-6)43-16-14-20(2)3)37(34(40)33(29)39)35-36-30-22(5)17-21(4)18-28(30)44-35/h8-13,17-20,31,38H,7,14-16H2,1-6H3/b32-29+. The third kappa shape index (κ3) is 6.15. The van der Waals surface area contributed by atoms with E-state index in [1.54, 1.807) is 49.6 Å². The van der Waals surface area contributed by atoms with Crippen LogP contribution in [0.15, 0.2) is 60.2 Å². The topological polar surface area (TPSA) is 98.2 Å². The van der Waals surface area contributed by atoms with E-state index in [1.165, 1.54) is 16.2 Å². The molecule has 8 nitrogen and oxygen atoms in total. The Kier molecular flexibility index (Phi) is 9.25. The average Bonchev–Trinajstić information content (AvgIpc) is 3.54. The van der Waals surface area contributed by atoms with Crippen LogP contribution in [0.5, 0.6) is 17.2 Å². The van der Waals surface area contributed by atoms with Crippen molar-refractivity contribution in [2.45, 2.75) is 53.5 Å². The largest absolute Gasteiger partial charge is 0.507 e. The molecule has 1 unspecified atom stereocenters. The van der Waals surface area contributed by atoms with Gasteiger partial charge in [-0.25, -0.2) is 4.98 Å². The van der Waals surface area contributed by atoms with E-state index in [0.29, 0.717) is 52.6 Å². The molecule has 5 rings (SSSR count). The first-order valence-corrected chi connectivity index (χ1v) is 15.7. The molecule has 0 radical (unpaired) electrons. The maximum atomic E-state index is 13.8. The highest BCUT2D eigenvalue weighted by Crippen LogP contribution is 2.46. The number of hydrogen-bond donors (Lipinski definition) is 1. The van der Waals surface area contributed by atoms with Gasteiger partial charge in [-0.05, 0) is 91.8 Å². The SMILES string of the molecule is CCCOc1ccc(/C(O)=C2\C(=O)C(=O)N(c3nc4c(C)cc(C)cc4s3)C2c2ccc(OCCC(C)C)c(OC)c2)cc1. The lowest BCUT2D eigenvalue weighted by Crippen LogP contribution is -2.29. The monoisotopic (exact) mass is 614 g/mol. The van der Waals surface area contributed by atoms with E-state index in [-0.39, 0.29) is 11.3 Å². The van der Waals surface area contributed by atoms with Crippen molar-refractivity contribution in [3.63, 3.8) is 0 Å². The summed E-state index contributed by atoms with van der Waals surface area (Å²) in [5.41, 5.74) is 3.77. The summed E-state index contributed by atoms with van der Waals surface area (Å²) in [6.07, 6.45) is 1.74. The Bertz CT molecular complexity index is 1720. The van der Waals surface area contributed by atoms with Gasteiger partial charge >= 0.3 is 5.91 Å². The summed E-state index contributed by atoms with van der Waals surface area (Å²) in [7, 11) is 1.55. The van der Waals surface area contributed by atoms with E-state index in [9.17, 15) is 14.7 Å². The number of anilines is 1. The van der Waals surface area contributed by atoms with Crippen LogP contribution in [0.25, 0.3) is 16.0 Å². The third-order valence-corrected chi connectivity index (χ3v) is 8.53. The first-order valence-electron chi connectivity index (χ1n) is 14.9. The number of aryl methyl sites for hydroxylation is 2. The van der Waals surface area contributed by atoms with E-state index < -0.39 is 17.7 Å². The zero-order chi connectivity index (χ0) is 31.5. The van der Waals surface area contributed by atoms with Crippen LogP contribution >= 0.6 is 11.3 Å². The molecule has 1 fully saturated rings. The smallest absolute Gasteiger partial charge is 0.301 e. The third-order valence-electron chi connectivity index (χ3n) is 7.53. The first-order chi connectivity index (χ1) is 21.1. The minimum Gasteiger partial charge on any atom is -0.507 e. The van der Waals surface area contributed by atoms with Crippen molar-refractivity contribution in [3.8, 4) is 17.2 Å². The Morgan fingerprint density at radius 3 is 2.43 bits per heavy atom. The highest BCUT2D eigenvalue weighted by atomic mass is 32.1. The lowest BCUT2D eigenvalue weighted by molar-refractivity contribution is -0.132. The van der Waals surface area contributed by atoms with Gasteiger partial charge in [-0.2, -0.15) is 0 Å². The molecular weight excluding hydrogens is 576 g/mol. The summed E-state index contributed by atoms with van der Waals surface area (Å²) in [4.78, 5) is 33.7. The number of carbonyl (C=O) groups excluding carboxylic acids is 2. The number of aromatic nitrogens is 1. The molecule has 3 aromatic carbocycles. The molecular formula is C35H38N2O6S. The number of carbonyl (C=O) groups is 2. The van der Waals surface area contributed by atoms with E-state index in [2.05, 4.69) is 13.8 Å². The predicted molar refractivity (Wildman–Crippen MR) is 174 cm³/mol. The van der Waals surface area contributed by atoms with Crippen LogP contribution in [0, 0.1) is 19.8 Å². The molecule has 2 heterocycles. The summed E-state index contributed by atoms with van der Waals surface area (Å²) < 4.78 is 18.3. The number of Topliss-reactive ketones (excluding diaryl/α,β-unsaturated/α-hetero) is 1. The fraction of sp³-hybridized carbons (Fsp3) is 0.343. The molecule has 4 aromatic rings. The van der Waals surface area contributed by atoms with E-state index in [1.807, 2.05) is 32.9 Å². The number of hydrogen-bond acceptors (Lipinski definition) is 8. The van der Waals surface area contributed by atoms with Crippen LogP contribution in [0.1, 0.15) is 61.9 Å². The van der Waals surface area contributed by atoms with Crippen molar-refractivity contribution < 1.29 is 28.9 Å². The van der Waals surface area contributed by atoms with Gasteiger partial charge < -0.3 is 19.3 Å². The Morgan fingerprint density at radius 2 is 1.75 bits per heavy atom. The Hall–Kier alpha value is -4.37. The van der Waals surface area contributed by atoms with Crippen molar-refractivity contribution in [3.05, 3.63) is 82.4 Å². The molecule has 230 valence electrons. The molecule has 1 aromatic heterocycles. The van der Waals surface area contributed by atoms with Gasteiger partial charge in [-0.1, -0.05) is 44.2 Å². The highest BCUT2D eigenvalue weighted by Gasteiger charge is 2.48. The van der Waals surface area contributed by atoms with E-state index in [0.717, 1.165) is 34.2 Å². The molecule has 0 aliphatic carbocycles. The lowest BCUT2D eigenvalue weighted by atomic mass is 9.95. The maximum Gasteiger partial charge on any atom is 0.301 e. The predicted octanol–water partition coefficient (Wildman–Crippen LogP) is 7.76. The molecule has 1 saturated heterocycles. The normalized spacial score (nSPS) is 16.2. The summed E-state index contributed by atoms with van der Waals surface area (Å²) in [6, 6.07) is 15.3. The average molecular weight is 615 g/mol. The van der Waals surface area contributed by atoms with E-state index >= 15 is 0 Å². The Labute approximate surface area is 261 Å². The number of fused-ring (bicyclic) bond motifs is 1. The van der Waals surface area contributed by atoms with Crippen LogP contribution in [-0.2, 0) is 9.59 Å². The Balaban J connectivity index is 1.64. The molecule has 0 spiro atoms. The minimum absolute atomic E-state index is 0.0279. The van der Waals surface area contributed by atoms with Crippen molar-refractivity contribution in [2.24, 2.45) is 5.92 Å². The zero-order valence-electron chi connectivity index (χ0n) is 26.0. The van der Waals surface area contributed by atoms with Gasteiger partial charge in [0.25, 0.3) is 5.78 Å². The molecule has 1 aliphatic rings. The number of ketones is 1. The molecule has 0 saturated carbocycles. The van der Waals surface area contributed by atoms with Gasteiger partial charge in [0.15, 0.2) is 16.6 Å². The van der Waals surface area contributed by atoms with Crippen LogP contribution in [0.3, 0.4) is 0 Å². The van der Waals surface area contributed by atoms with Crippen LogP contribution in [0.2, 0.25) is 0 Å². The Morgan fingerprint density at radius 1 is 1.00 bits per heavy atom. The molecule has 1 atom stereocenters. The fourth-order valence-electron chi connectivity index (χ4n) is 5.27. The highest BCUT2D eigenvalue weighted by molar-refractivity contribution is 7.22. The van der Waals surface area contributed by atoms with E-state index in [4.69, 9.17) is 19.2 Å². The van der Waals surface area contributed by atoms with Crippen molar-refractivity contribution in [1.82, 2.24) is 4.98 Å². The quantitative estimate of drug-likeness (QED) is 0.105. The number of aliphatic hydroxyl groups is 1. The number of benzene rings is 3. The second kappa shape index (κ2) is 13.1.